The number of hydrogen-bond donors (Lipinski definition) is 0. The second-order valence-electron chi connectivity index (χ2n) is 4.89. The quantitative estimate of drug-likeness (QED) is 0.526. The first-order chi connectivity index (χ1) is 9.84. The minimum absolute atomic E-state index is 0. The summed E-state index contributed by atoms with van der Waals surface area (Å²) in [7, 11) is 2.05. The van der Waals surface area contributed by atoms with Gasteiger partial charge in [-0.3, -0.25) is 4.98 Å². The van der Waals surface area contributed by atoms with Gasteiger partial charge >= 0.3 is 0 Å². The largest absolute Gasteiger partial charge is 0.327 e. The fourth-order valence-corrected chi connectivity index (χ4v) is 2.68. The zero-order chi connectivity index (χ0) is 13.5. The van der Waals surface area contributed by atoms with Gasteiger partial charge in [-0.25, -0.2) is 4.98 Å². The average molecular weight is 296 g/mol. The third kappa shape index (κ3) is 2.06. The number of halogens is 1. The molecule has 0 spiro atoms. The summed E-state index contributed by atoms with van der Waals surface area (Å²) in [6, 6.07) is 16.6. The van der Waals surface area contributed by atoms with Gasteiger partial charge in [-0.05, 0) is 23.6 Å². The summed E-state index contributed by atoms with van der Waals surface area (Å²) in [4.78, 5) is 9.01. The van der Waals surface area contributed by atoms with E-state index in [1.165, 1.54) is 10.8 Å². The Hall–Kier alpha value is -2.39. The van der Waals surface area contributed by atoms with E-state index < -0.39 is 0 Å². The van der Waals surface area contributed by atoms with Gasteiger partial charge in [-0.15, -0.1) is 12.4 Å². The van der Waals surface area contributed by atoms with E-state index in [0.717, 1.165) is 22.4 Å². The molecule has 0 amide bonds. The van der Waals surface area contributed by atoms with E-state index in [2.05, 4.69) is 45.9 Å². The molecule has 0 aliphatic heterocycles. The normalized spacial score (nSPS) is 10.7. The summed E-state index contributed by atoms with van der Waals surface area (Å²) in [6.45, 7) is 0. The molecule has 4 rings (SSSR count). The number of imidazole rings is 1. The van der Waals surface area contributed by atoms with Crippen molar-refractivity contribution >= 4 is 34.2 Å². The molecule has 4 aromatic rings. The summed E-state index contributed by atoms with van der Waals surface area (Å²) in [5.41, 5.74) is 3.22. The molecule has 0 N–H and O–H groups in total. The van der Waals surface area contributed by atoms with Gasteiger partial charge in [0, 0.05) is 30.4 Å². The molecule has 3 nitrogen and oxygen atoms in total. The van der Waals surface area contributed by atoms with Crippen LogP contribution in [0.5, 0.6) is 0 Å². The molecule has 0 atom stereocenters. The second kappa shape index (κ2) is 5.19. The van der Waals surface area contributed by atoms with Crippen molar-refractivity contribution in [2.24, 2.45) is 7.05 Å². The lowest BCUT2D eigenvalue weighted by molar-refractivity contribution is 0.957. The summed E-state index contributed by atoms with van der Waals surface area (Å²) in [5, 5.41) is 2.41. The predicted molar refractivity (Wildman–Crippen MR) is 88.7 cm³/mol. The number of nitrogens with zero attached hydrogens (tertiary/aromatic N) is 3. The number of pyridine rings is 1. The van der Waals surface area contributed by atoms with Crippen LogP contribution in [0.1, 0.15) is 0 Å². The highest BCUT2D eigenvalue weighted by atomic mass is 35.5. The van der Waals surface area contributed by atoms with Crippen molar-refractivity contribution in [1.29, 1.82) is 0 Å². The first kappa shape index (κ1) is 13.6. The van der Waals surface area contributed by atoms with E-state index in [0.29, 0.717) is 0 Å². The Bertz CT molecular complexity index is 913. The van der Waals surface area contributed by atoms with Gasteiger partial charge in [0.2, 0.25) is 0 Å². The maximum absolute atomic E-state index is 4.83. The van der Waals surface area contributed by atoms with E-state index >= 15 is 0 Å². The van der Waals surface area contributed by atoms with Crippen LogP contribution in [-0.4, -0.2) is 14.5 Å². The van der Waals surface area contributed by atoms with Crippen molar-refractivity contribution in [1.82, 2.24) is 14.5 Å². The van der Waals surface area contributed by atoms with Crippen molar-refractivity contribution in [2.45, 2.75) is 0 Å². The Morgan fingerprint density at radius 2 is 1.81 bits per heavy atom. The van der Waals surface area contributed by atoms with E-state index in [-0.39, 0.29) is 12.4 Å². The van der Waals surface area contributed by atoms with Crippen LogP contribution in [0.15, 0.2) is 60.9 Å². The topological polar surface area (TPSA) is 30.7 Å². The summed E-state index contributed by atoms with van der Waals surface area (Å²) < 4.78 is 2.12. The molecule has 0 unspecified atom stereocenters. The van der Waals surface area contributed by atoms with Crippen LogP contribution in [0.2, 0.25) is 0 Å². The van der Waals surface area contributed by atoms with Crippen molar-refractivity contribution in [3.8, 4) is 11.4 Å². The van der Waals surface area contributed by atoms with Crippen molar-refractivity contribution in [3.63, 3.8) is 0 Å². The van der Waals surface area contributed by atoms with Crippen LogP contribution in [0.4, 0.5) is 0 Å². The van der Waals surface area contributed by atoms with Crippen LogP contribution >= 0.6 is 12.4 Å². The highest BCUT2D eigenvalue weighted by molar-refractivity contribution is 6.05. The zero-order valence-corrected chi connectivity index (χ0v) is 12.3. The number of benzene rings is 2. The fourth-order valence-electron chi connectivity index (χ4n) is 2.68. The van der Waals surface area contributed by atoms with E-state index in [4.69, 9.17) is 4.98 Å². The molecule has 0 saturated heterocycles. The minimum atomic E-state index is 0. The minimum Gasteiger partial charge on any atom is -0.327 e. The van der Waals surface area contributed by atoms with Gasteiger partial charge in [-0.1, -0.05) is 30.3 Å². The molecule has 0 bridgehead atoms. The van der Waals surface area contributed by atoms with Crippen LogP contribution < -0.4 is 0 Å². The number of rotatable bonds is 1. The van der Waals surface area contributed by atoms with Crippen LogP contribution in [0, 0.1) is 0 Å². The number of aryl methyl sites for hydroxylation is 1. The summed E-state index contributed by atoms with van der Waals surface area (Å²) in [6.07, 6.45) is 3.63. The Morgan fingerprint density at radius 3 is 2.62 bits per heavy atom. The highest BCUT2D eigenvalue weighted by Gasteiger charge is 2.11. The van der Waals surface area contributed by atoms with E-state index in [9.17, 15) is 0 Å². The lowest BCUT2D eigenvalue weighted by Gasteiger charge is -2.01. The Morgan fingerprint density at radius 1 is 0.952 bits per heavy atom. The first-order valence-electron chi connectivity index (χ1n) is 6.59. The number of aromatic nitrogens is 3. The maximum atomic E-state index is 4.83. The Kier molecular flexibility index (Phi) is 3.35. The molecule has 0 saturated carbocycles. The number of hydrogen-bond acceptors (Lipinski definition) is 2. The van der Waals surface area contributed by atoms with Crippen molar-refractivity contribution in [2.75, 3.05) is 0 Å². The van der Waals surface area contributed by atoms with Crippen LogP contribution in [0.3, 0.4) is 0 Å². The predicted octanol–water partition coefficient (Wildman–Crippen LogP) is 4.21. The van der Waals surface area contributed by atoms with Crippen LogP contribution in [0.25, 0.3) is 33.2 Å². The van der Waals surface area contributed by atoms with Crippen molar-refractivity contribution < 1.29 is 0 Å². The molecule has 0 fully saturated rings. The zero-order valence-electron chi connectivity index (χ0n) is 11.5. The lowest BCUT2D eigenvalue weighted by Crippen LogP contribution is -1.92. The molecule has 21 heavy (non-hydrogen) atoms. The molecular formula is C17H14ClN3. The molecule has 0 aliphatic rings. The van der Waals surface area contributed by atoms with Gasteiger partial charge < -0.3 is 4.57 Å². The van der Waals surface area contributed by atoms with Crippen LogP contribution in [-0.2, 0) is 7.05 Å². The molecule has 2 heterocycles. The maximum Gasteiger partial charge on any atom is 0.142 e. The SMILES string of the molecule is Cl.Cn1c(-c2cccnc2)nc2c3ccccc3ccc21. The van der Waals surface area contributed by atoms with E-state index in [1.54, 1.807) is 6.20 Å². The standard InChI is InChI=1S/C17H13N3.ClH/c1-20-15-9-8-12-5-2-3-7-14(12)16(15)19-17(20)13-6-4-10-18-11-13;/h2-11H,1H3;1H. The summed E-state index contributed by atoms with van der Waals surface area (Å²) >= 11 is 0. The van der Waals surface area contributed by atoms with E-state index in [1.807, 2.05) is 25.4 Å². The monoisotopic (exact) mass is 295 g/mol. The molecule has 104 valence electrons. The van der Waals surface area contributed by atoms with Gasteiger partial charge in [0.05, 0.1) is 11.0 Å². The Labute approximate surface area is 128 Å². The second-order valence-corrected chi connectivity index (χ2v) is 4.89. The molecule has 4 heteroatoms. The third-order valence-electron chi connectivity index (χ3n) is 3.70. The van der Waals surface area contributed by atoms with Gasteiger partial charge in [-0.2, -0.15) is 0 Å². The van der Waals surface area contributed by atoms with Crippen molar-refractivity contribution in [3.05, 3.63) is 60.9 Å². The molecular weight excluding hydrogens is 282 g/mol. The smallest absolute Gasteiger partial charge is 0.142 e. The Balaban J connectivity index is 0.00000132. The first-order valence-corrected chi connectivity index (χ1v) is 6.59. The number of fused-ring (bicyclic) bond motifs is 3. The lowest BCUT2D eigenvalue weighted by atomic mass is 10.1. The summed E-state index contributed by atoms with van der Waals surface area (Å²) in [5.74, 6) is 0.949. The third-order valence-corrected chi connectivity index (χ3v) is 3.70. The van der Waals surface area contributed by atoms with Gasteiger partial charge in [0.25, 0.3) is 0 Å². The fraction of sp³-hybridized carbons (Fsp3) is 0.0588. The van der Waals surface area contributed by atoms with Gasteiger partial charge in [0.15, 0.2) is 0 Å². The molecule has 0 radical (unpaired) electrons. The molecule has 0 aliphatic carbocycles. The van der Waals surface area contributed by atoms with Gasteiger partial charge in [0.1, 0.15) is 5.82 Å². The average Bonchev–Trinajstić information content (AvgIpc) is 2.86. The highest BCUT2D eigenvalue weighted by Crippen LogP contribution is 2.28. The molecule has 2 aromatic carbocycles. The molecule has 2 aromatic heterocycles.